The second-order valence-electron chi connectivity index (χ2n) is 6.15. The van der Waals surface area contributed by atoms with Crippen LogP contribution in [0.2, 0.25) is 0 Å². The van der Waals surface area contributed by atoms with Gasteiger partial charge in [-0.05, 0) is 30.2 Å². The molecule has 0 radical (unpaired) electrons. The van der Waals surface area contributed by atoms with Crippen LogP contribution in [0.15, 0.2) is 53.4 Å². The second-order valence-corrected chi connectivity index (χ2v) is 8.13. The van der Waals surface area contributed by atoms with Gasteiger partial charge in [0.15, 0.2) is 9.84 Å². The van der Waals surface area contributed by atoms with Crippen LogP contribution in [0.5, 0.6) is 0 Å². The summed E-state index contributed by atoms with van der Waals surface area (Å²) in [4.78, 5) is 14.5. The zero-order valence-corrected chi connectivity index (χ0v) is 14.3. The molecule has 1 amide bonds. The number of hydrogen-bond acceptors (Lipinski definition) is 4. The van der Waals surface area contributed by atoms with Crippen molar-refractivity contribution in [1.29, 1.82) is 0 Å². The Kier molecular flexibility index (Phi) is 4.43. The molecule has 1 atom stereocenters. The summed E-state index contributed by atoms with van der Waals surface area (Å²) in [7, 11) is -3.32. The molecule has 3 rings (SSSR count). The number of nitrogens with two attached hydrogens (primary N) is 1. The van der Waals surface area contributed by atoms with Crippen molar-refractivity contribution in [2.75, 3.05) is 19.3 Å². The number of carbonyl (C=O) groups is 1. The summed E-state index contributed by atoms with van der Waals surface area (Å²) in [5, 5.41) is 0. The molecule has 126 valence electrons. The molecule has 2 aromatic rings. The molecule has 2 N–H and O–H groups in total. The van der Waals surface area contributed by atoms with Gasteiger partial charge in [0.1, 0.15) is 0 Å². The molecule has 0 bridgehead atoms. The lowest BCUT2D eigenvalue weighted by molar-refractivity contribution is 0.0791. The molecular formula is C18H20N2O3S. The van der Waals surface area contributed by atoms with E-state index < -0.39 is 9.84 Å². The highest BCUT2D eigenvalue weighted by Gasteiger charge is 2.24. The number of rotatable bonds is 3. The van der Waals surface area contributed by atoms with E-state index in [4.69, 9.17) is 5.73 Å². The van der Waals surface area contributed by atoms with Gasteiger partial charge in [-0.15, -0.1) is 0 Å². The summed E-state index contributed by atoms with van der Waals surface area (Å²) in [6.45, 7) is 1.26. The maximum absolute atomic E-state index is 12.4. The minimum Gasteiger partial charge on any atom is -0.337 e. The van der Waals surface area contributed by atoms with Crippen LogP contribution >= 0.6 is 0 Å². The summed E-state index contributed by atoms with van der Waals surface area (Å²) in [6, 6.07) is 14.0. The van der Waals surface area contributed by atoms with Gasteiger partial charge in [-0.25, -0.2) is 8.42 Å². The highest BCUT2D eigenvalue weighted by atomic mass is 32.2. The summed E-state index contributed by atoms with van der Waals surface area (Å²) in [5.41, 5.74) is 7.85. The van der Waals surface area contributed by atoms with Crippen molar-refractivity contribution in [3.8, 4) is 11.1 Å². The van der Waals surface area contributed by atoms with E-state index >= 15 is 0 Å². The first-order valence-corrected chi connectivity index (χ1v) is 9.70. The van der Waals surface area contributed by atoms with E-state index in [1.807, 2.05) is 0 Å². The van der Waals surface area contributed by atoms with Crippen molar-refractivity contribution < 1.29 is 13.2 Å². The van der Waals surface area contributed by atoms with Crippen LogP contribution in [0.25, 0.3) is 11.1 Å². The first-order valence-electron chi connectivity index (χ1n) is 7.80. The largest absolute Gasteiger partial charge is 0.337 e. The number of likely N-dealkylation sites (tertiary alicyclic amines) is 1. The minimum atomic E-state index is -3.32. The van der Waals surface area contributed by atoms with Crippen LogP contribution in [0, 0.1) is 0 Å². The number of hydrogen-bond donors (Lipinski definition) is 1. The van der Waals surface area contributed by atoms with E-state index in [9.17, 15) is 13.2 Å². The number of nitrogens with zero attached hydrogens (tertiary/aromatic N) is 1. The SMILES string of the molecule is CS(=O)(=O)c1ccccc1-c1ccc(C(=O)N2CCC(N)C2)cc1. The fourth-order valence-corrected chi connectivity index (χ4v) is 3.89. The van der Waals surface area contributed by atoms with Crippen LogP contribution in [0.3, 0.4) is 0 Å². The highest BCUT2D eigenvalue weighted by Crippen LogP contribution is 2.27. The third-order valence-corrected chi connectivity index (χ3v) is 5.40. The first-order chi connectivity index (χ1) is 11.4. The van der Waals surface area contributed by atoms with Gasteiger partial charge in [-0.1, -0.05) is 30.3 Å². The van der Waals surface area contributed by atoms with E-state index in [1.54, 1.807) is 53.4 Å². The topological polar surface area (TPSA) is 80.5 Å². The number of carbonyl (C=O) groups excluding carboxylic acids is 1. The van der Waals surface area contributed by atoms with Gasteiger partial charge in [0.25, 0.3) is 5.91 Å². The molecule has 0 spiro atoms. The molecule has 1 fully saturated rings. The summed E-state index contributed by atoms with van der Waals surface area (Å²) < 4.78 is 23.9. The molecule has 0 saturated carbocycles. The molecular weight excluding hydrogens is 324 g/mol. The van der Waals surface area contributed by atoms with Gasteiger partial charge in [-0.3, -0.25) is 4.79 Å². The van der Waals surface area contributed by atoms with Crippen LogP contribution in [-0.2, 0) is 9.84 Å². The third kappa shape index (κ3) is 3.34. The second kappa shape index (κ2) is 6.37. The molecule has 1 aliphatic rings. The molecule has 0 aromatic heterocycles. The number of amides is 1. The lowest BCUT2D eigenvalue weighted by Gasteiger charge is -2.16. The van der Waals surface area contributed by atoms with E-state index in [0.29, 0.717) is 24.2 Å². The average Bonchev–Trinajstić information content (AvgIpc) is 3.00. The van der Waals surface area contributed by atoms with Crippen LogP contribution in [0.1, 0.15) is 16.8 Å². The van der Waals surface area contributed by atoms with E-state index in [1.165, 1.54) is 6.26 Å². The molecule has 2 aromatic carbocycles. The van der Waals surface area contributed by atoms with Gasteiger partial charge >= 0.3 is 0 Å². The smallest absolute Gasteiger partial charge is 0.253 e. The normalized spacial score (nSPS) is 17.9. The van der Waals surface area contributed by atoms with Crippen molar-refractivity contribution in [2.45, 2.75) is 17.4 Å². The Labute approximate surface area is 142 Å². The quantitative estimate of drug-likeness (QED) is 0.922. The van der Waals surface area contributed by atoms with Crippen molar-refractivity contribution in [3.63, 3.8) is 0 Å². The molecule has 5 nitrogen and oxygen atoms in total. The molecule has 6 heteroatoms. The van der Waals surface area contributed by atoms with Crippen molar-refractivity contribution in [3.05, 3.63) is 54.1 Å². The van der Waals surface area contributed by atoms with Gasteiger partial charge in [0.2, 0.25) is 0 Å². The van der Waals surface area contributed by atoms with Crippen molar-refractivity contribution in [1.82, 2.24) is 4.90 Å². The maximum Gasteiger partial charge on any atom is 0.253 e. The lowest BCUT2D eigenvalue weighted by Crippen LogP contribution is -2.31. The van der Waals surface area contributed by atoms with Crippen LogP contribution in [0.4, 0.5) is 0 Å². The molecule has 24 heavy (non-hydrogen) atoms. The summed E-state index contributed by atoms with van der Waals surface area (Å²) in [6.07, 6.45) is 2.02. The Hall–Kier alpha value is -2.18. The van der Waals surface area contributed by atoms with Gasteiger partial charge < -0.3 is 10.6 Å². The highest BCUT2D eigenvalue weighted by molar-refractivity contribution is 7.90. The monoisotopic (exact) mass is 344 g/mol. The predicted molar refractivity (Wildman–Crippen MR) is 93.5 cm³/mol. The average molecular weight is 344 g/mol. The molecule has 1 unspecified atom stereocenters. The van der Waals surface area contributed by atoms with E-state index in [2.05, 4.69) is 0 Å². The van der Waals surface area contributed by atoms with Gasteiger partial charge in [0.05, 0.1) is 4.90 Å². The van der Waals surface area contributed by atoms with Gasteiger partial charge in [0, 0.05) is 36.5 Å². The summed E-state index contributed by atoms with van der Waals surface area (Å²) >= 11 is 0. The lowest BCUT2D eigenvalue weighted by atomic mass is 10.0. The van der Waals surface area contributed by atoms with Crippen LogP contribution in [-0.4, -0.2) is 44.6 Å². The first kappa shape index (κ1) is 16.7. The van der Waals surface area contributed by atoms with Gasteiger partial charge in [-0.2, -0.15) is 0 Å². The zero-order valence-electron chi connectivity index (χ0n) is 13.5. The summed E-state index contributed by atoms with van der Waals surface area (Å²) in [5.74, 6) is -0.0362. The molecule has 1 aliphatic heterocycles. The fourth-order valence-electron chi connectivity index (χ4n) is 2.98. The van der Waals surface area contributed by atoms with Crippen LogP contribution < -0.4 is 5.73 Å². The standard InChI is InChI=1S/C18H20N2O3S/c1-24(22,23)17-5-3-2-4-16(17)13-6-8-14(9-7-13)18(21)20-11-10-15(19)12-20/h2-9,15H,10-12,19H2,1H3. The van der Waals surface area contributed by atoms with Crippen molar-refractivity contribution in [2.24, 2.45) is 5.73 Å². The molecule has 0 aliphatic carbocycles. The zero-order chi connectivity index (χ0) is 17.3. The maximum atomic E-state index is 12.4. The number of sulfone groups is 1. The Morgan fingerprint density at radius 1 is 1.12 bits per heavy atom. The van der Waals surface area contributed by atoms with E-state index in [0.717, 1.165) is 12.0 Å². The van der Waals surface area contributed by atoms with Crippen molar-refractivity contribution >= 4 is 15.7 Å². The third-order valence-electron chi connectivity index (χ3n) is 4.24. The van der Waals surface area contributed by atoms with E-state index in [-0.39, 0.29) is 16.8 Å². The Bertz CT molecular complexity index is 860. The number of benzene rings is 2. The predicted octanol–water partition coefficient (Wildman–Crippen LogP) is 1.93. The fraction of sp³-hybridized carbons (Fsp3) is 0.278. The minimum absolute atomic E-state index is 0.0362. The Morgan fingerprint density at radius 2 is 1.79 bits per heavy atom. The molecule has 1 heterocycles. The Balaban J connectivity index is 1.90. The molecule has 1 saturated heterocycles. The Morgan fingerprint density at radius 3 is 2.38 bits per heavy atom.